The summed E-state index contributed by atoms with van der Waals surface area (Å²) in [6.45, 7) is 14.4. The molecular weight excluding hydrogens is 230 g/mol. The van der Waals surface area contributed by atoms with Gasteiger partial charge in [0.2, 0.25) is 0 Å². The largest absolute Gasteiger partial charge is 0.393 e. The first-order chi connectivity index (χ1) is 7.71. The van der Waals surface area contributed by atoms with Crippen molar-refractivity contribution in [2.24, 2.45) is 5.41 Å². The predicted octanol–water partition coefficient (Wildman–Crippen LogP) is 3.00. The Morgan fingerprint density at radius 3 is 2.53 bits per heavy atom. The van der Waals surface area contributed by atoms with E-state index in [9.17, 15) is 5.11 Å². The van der Waals surface area contributed by atoms with Crippen LogP contribution in [0.2, 0.25) is 0 Å². The Morgan fingerprint density at radius 1 is 1.29 bits per heavy atom. The lowest BCUT2D eigenvalue weighted by Crippen LogP contribution is -2.34. The van der Waals surface area contributed by atoms with Crippen LogP contribution in [0.15, 0.2) is 0 Å². The summed E-state index contributed by atoms with van der Waals surface area (Å²) in [7, 11) is 0. The lowest BCUT2D eigenvalue weighted by Gasteiger charge is -2.29. The van der Waals surface area contributed by atoms with Gasteiger partial charge >= 0.3 is 0 Å². The molecular formula is C14H29NOS. The van der Waals surface area contributed by atoms with Gasteiger partial charge in [0.1, 0.15) is 0 Å². The first kappa shape index (κ1) is 15.3. The molecule has 0 spiro atoms. The van der Waals surface area contributed by atoms with Gasteiger partial charge in [-0.3, -0.25) is 0 Å². The molecule has 1 rings (SSSR count). The van der Waals surface area contributed by atoms with Gasteiger partial charge in [0, 0.05) is 23.6 Å². The summed E-state index contributed by atoms with van der Waals surface area (Å²) in [4.78, 5) is 2.51. The lowest BCUT2D eigenvalue weighted by molar-refractivity contribution is 0.0461. The SMILES string of the molecule is CC1(C)CCN(CCC(O)C(C)(C)C)CCS1. The molecule has 1 fully saturated rings. The summed E-state index contributed by atoms with van der Waals surface area (Å²) in [5.41, 5.74) is 0.0138. The molecule has 1 unspecified atom stereocenters. The molecule has 0 saturated carbocycles. The van der Waals surface area contributed by atoms with Gasteiger partial charge in [-0.15, -0.1) is 0 Å². The van der Waals surface area contributed by atoms with Gasteiger partial charge in [-0.05, 0) is 24.8 Å². The first-order valence-electron chi connectivity index (χ1n) is 6.75. The second-order valence-electron chi connectivity index (χ2n) is 6.87. The van der Waals surface area contributed by atoms with E-state index in [1.54, 1.807) is 0 Å². The minimum Gasteiger partial charge on any atom is -0.393 e. The molecule has 1 saturated heterocycles. The Labute approximate surface area is 111 Å². The average molecular weight is 259 g/mol. The number of rotatable bonds is 3. The highest BCUT2D eigenvalue weighted by molar-refractivity contribution is 8.00. The van der Waals surface area contributed by atoms with Crippen LogP contribution in [0.1, 0.15) is 47.5 Å². The van der Waals surface area contributed by atoms with Crippen molar-refractivity contribution in [3.05, 3.63) is 0 Å². The van der Waals surface area contributed by atoms with Crippen molar-refractivity contribution in [1.29, 1.82) is 0 Å². The van der Waals surface area contributed by atoms with Crippen LogP contribution in [-0.2, 0) is 0 Å². The maximum absolute atomic E-state index is 10.1. The van der Waals surface area contributed by atoms with Crippen molar-refractivity contribution in [1.82, 2.24) is 4.90 Å². The molecule has 0 aromatic rings. The van der Waals surface area contributed by atoms with E-state index in [2.05, 4.69) is 51.3 Å². The van der Waals surface area contributed by atoms with Gasteiger partial charge in [0.15, 0.2) is 0 Å². The molecule has 17 heavy (non-hydrogen) atoms. The van der Waals surface area contributed by atoms with Crippen LogP contribution in [0, 0.1) is 5.41 Å². The molecule has 1 N–H and O–H groups in total. The zero-order valence-electron chi connectivity index (χ0n) is 12.1. The second kappa shape index (κ2) is 5.94. The standard InChI is InChI=1S/C14H29NOS/c1-13(2,3)12(16)6-8-15-9-7-14(4,5)17-11-10-15/h12,16H,6-11H2,1-5H3. The minimum absolute atomic E-state index is 0.0138. The van der Waals surface area contributed by atoms with E-state index in [1.165, 1.54) is 25.3 Å². The quantitative estimate of drug-likeness (QED) is 0.843. The summed E-state index contributed by atoms with van der Waals surface area (Å²) in [5.74, 6) is 1.22. The fraction of sp³-hybridized carbons (Fsp3) is 1.00. The number of hydrogen-bond acceptors (Lipinski definition) is 3. The number of hydrogen-bond donors (Lipinski definition) is 1. The van der Waals surface area contributed by atoms with Crippen LogP contribution in [0.4, 0.5) is 0 Å². The van der Waals surface area contributed by atoms with Gasteiger partial charge in [0.05, 0.1) is 6.10 Å². The van der Waals surface area contributed by atoms with Gasteiger partial charge in [-0.1, -0.05) is 34.6 Å². The highest BCUT2D eigenvalue weighted by Gasteiger charge is 2.26. The molecule has 1 heterocycles. The third kappa shape index (κ3) is 5.62. The van der Waals surface area contributed by atoms with E-state index in [1.807, 2.05) is 0 Å². The predicted molar refractivity (Wildman–Crippen MR) is 77.7 cm³/mol. The molecule has 0 aromatic heterocycles. The Bertz CT molecular complexity index is 235. The first-order valence-corrected chi connectivity index (χ1v) is 7.74. The summed E-state index contributed by atoms with van der Waals surface area (Å²) in [5, 5.41) is 10.1. The van der Waals surface area contributed by atoms with E-state index in [0.717, 1.165) is 13.0 Å². The summed E-state index contributed by atoms with van der Waals surface area (Å²) in [6.07, 6.45) is 1.96. The molecule has 1 atom stereocenters. The Hall–Kier alpha value is 0.270. The molecule has 1 aliphatic rings. The summed E-state index contributed by atoms with van der Waals surface area (Å²) >= 11 is 2.08. The maximum Gasteiger partial charge on any atom is 0.0600 e. The Kier molecular flexibility index (Phi) is 5.36. The van der Waals surface area contributed by atoms with Crippen LogP contribution >= 0.6 is 11.8 Å². The maximum atomic E-state index is 10.1. The number of aliphatic hydroxyl groups is 1. The summed E-state index contributed by atoms with van der Waals surface area (Å²) in [6, 6.07) is 0. The molecule has 2 nitrogen and oxygen atoms in total. The van der Waals surface area contributed by atoms with Gasteiger partial charge in [-0.2, -0.15) is 11.8 Å². The van der Waals surface area contributed by atoms with E-state index in [4.69, 9.17) is 0 Å². The molecule has 1 aliphatic heterocycles. The number of nitrogens with zero attached hydrogens (tertiary/aromatic N) is 1. The molecule has 0 aromatic carbocycles. The molecule has 0 amide bonds. The van der Waals surface area contributed by atoms with Gasteiger partial charge in [0.25, 0.3) is 0 Å². The van der Waals surface area contributed by atoms with Crippen LogP contribution < -0.4 is 0 Å². The smallest absolute Gasteiger partial charge is 0.0600 e. The van der Waals surface area contributed by atoms with Crippen molar-refractivity contribution in [2.75, 3.05) is 25.4 Å². The zero-order valence-corrected chi connectivity index (χ0v) is 12.9. The highest BCUT2D eigenvalue weighted by atomic mass is 32.2. The second-order valence-corrected chi connectivity index (χ2v) is 8.67. The van der Waals surface area contributed by atoms with Crippen molar-refractivity contribution < 1.29 is 5.11 Å². The Balaban J connectivity index is 2.33. The summed E-state index contributed by atoms with van der Waals surface area (Å²) < 4.78 is 0.428. The van der Waals surface area contributed by atoms with E-state index in [0.29, 0.717) is 4.75 Å². The monoisotopic (exact) mass is 259 g/mol. The zero-order chi connectivity index (χ0) is 13.1. The third-order valence-corrected chi connectivity index (χ3v) is 5.02. The van der Waals surface area contributed by atoms with Crippen molar-refractivity contribution >= 4 is 11.8 Å². The molecule has 0 bridgehead atoms. The Morgan fingerprint density at radius 2 is 1.94 bits per heavy atom. The van der Waals surface area contributed by atoms with E-state index < -0.39 is 0 Å². The topological polar surface area (TPSA) is 23.5 Å². The van der Waals surface area contributed by atoms with Crippen LogP contribution in [-0.4, -0.2) is 46.2 Å². The van der Waals surface area contributed by atoms with Crippen LogP contribution in [0.3, 0.4) is 0 Å². The molecule has 0 radical (unpaired) electrons. The normalized spacial score (nSPS) is 24.4. The fourth-order valence-electron chi connectivity index (χ4n) is 2.02. The molecule has 102 valence electrons. The lowest BCUT2D eigenvalue weighted by atomic mass is 9.87. The fourth-order valence-corrected chi connectivity index (χ4v) is 3.16. The van der Waals surface area contributed by atoms with E-state index >= 15 is 0 Å². The van der Waals surface area contributed by atoms with Crippen LogP contribution in [0.25, 0.3) is 0 Å². The highest BCUT2D eigenvalue weighted by Crippen LogP contribution is 2.31. The average Bonchev–Trinajstić information content (AvgIpc) is 2.34. The molecule has 0 aliphatic carbocycles. The molecule has 3 heteroatoms. The van der Waals surface area contributed by atoms with Crippen molar-refractivity contribution in [2.45, 2.75) is 58.3 Å². The van der Waals surface area contributed by atoms with Crippen molar-refractivity contribution in [3.63, 3.8) is 0 Å². The minimum atomic E-state index is -0.189. The van der Waals surface area contributed by atoms with Gasteiger partial charge in [-0.25, -0.2) is 0 Å². The van der Waals surface area contributed by atoms with Crippen LogP contribution in [0.5, 0.6) is 0 Å². The number of aliphatic hydroxyl groups excluding tert-OH is 1. The third-order valence-electron chi connectivity index (χ3n) is 3.65. The number of thioether (sulfide) groups is 1. The van der Waals surface area contributed by atoms with Gasteiger partial charge < -0.3 is 10.0 Å². The van der Waals surface area contributed by atoms with E-state index in [-0.39, 0.29) is 11.5 Å². The van der Waals surface area contributed by atoms with Crippen molar-refractivity contribution in [3.8, 4) is 0 Å².